The second-order valence-corrected chi connectivity index (χ2v) is 5.41. The summed E-state index contributed by atoms with van der Waals surface area (Å²) in [4.78, 5) is 4.28. The molecule has 1 aromatic carbocycles. The number of aromatic nitrogens is 1. The highest BCUT2D eigenvalue weighted by molar-refractivity contribution is 9.10. The lowest BCUT2D eigenvalue weighted by molar-refractivity contribution is 0.568. The van der Waals surface area contributed by atoms with Gasteiger partial charge < -0.3 is 5.32 Å². The molecule has 18 heavy (non-hydrogen) atoms. The zero-order valence-electron chi connectivity index (χ0n) is 10.0. The molecule has 4 heteroatoms. The summed E-state index contributed by atoms with van der Waals surface area (Å²) in [6.07, 6.45) is 1.80. The van der Waals surface area contributed by atoms with Gasteiger partial charge in [-0.25, -0.2) is 0 Å². The summed E-state index contributed by atoms with van der Waals surface area (Å²) in [5.74, 6) is 0. The third-order valence-corrected chi connectivity index (χ3v) is 3.57. The Labute approximate surface area is 121 Å². The van der Waals surface area contributed by atoms with Gasteiger partial charge in [0.2, 0.25) is 0 Å². The molecule has 1 N–H and O–H groups in total. The van der Waals surface area contributed by atoms with Gasteiger partial charge in [-0.15, -0.1) is 0 Å². The number of pyridine rings is 1. The van der Waals surface area contributed by atoms with Gasteiger partial charge >= 0.3 is 0 Å². The lowest BCUT2D eigenvalue weighted by atomic mass is 10.1. The maximum Gasteiger partial charge on any atom is 0.0541 e. The SMILES string of the molecule is CC(NCc1ccccn1)c1ccc(Br)cc1Cl. The molecule has 2 aromatic rings. The van der Waals surface area contributed by atoms with Crippen LogP contribution < -0.4 is 5.32 Å². The Morgan fingerprint density at radius 2 is 2.17 bits per heavy atom. The molecule has 1 heterocycles. The summed E-state index contributed by atoms with van der Waals surface area (Å²) in [5, 5.41) is 4.18. The van der Waals surface area contributed by atoms with Gasteiger partial charge in [-0.3, -0.25) is 4.98 Å². The van der Waals surface area contributed by atoms with Crippen LogP contribution in [-0.2, 0) is 6.54 Å². The molecule has 2 nitrogen and oxygen atoms in total. The molecule has 0 fully saturated rings. The van der Waals surface area contributed by atoms with Crippen LogP contribution in [0, 0.1) is 0 Å². The smallest absolute Gasteiger partial charge is 0.0541 e. The first-order valence-electron chi connectivity index (χ1n) is 5.75. The van der Waals surface area contributed by atoms with Gasteiger partial charge in [0, 0.05) is 28.3 Å². The Morgan fingerprint density at radius 3 is 2.83 bits per heavy atom. The van der Waals surface area contributed by atoms with Gasteiger partial charge in [0.25, 0.3) is 0 Å². The van der Waals surface area contributed by atoms with Crippen LogP contribution in [0.25, 0.3) is 0 Å². The summed E-state index contributed by atoms with van der Waals surface area (Å²) in [6, 6.07) is 12.0. The number of hydrogen-bond acceptors (Lipinski definition) is 2. The fourth-order valence-electron chi connectivity index (χ4n) is 1.72. The number of halogens is 2. The van der Waals surface area contributed by atoms with E-state index in [2.05, 4.69) is 33.2 Å². The molecule has 1 atom stereocenters. The lowest BCUT2D eigenvalue weighted by Gasteiger charge is -2.15. The minimum absolute atomic E-state index is 0.188. The molecule has 0 aliphatic carbocycles. The van der Waals surface area contributed by atoms with Gasteiger partial charge in [0.1, 0.15) is 0 Å². The molecule has 0 saturated heterocycles. The third-order valence-electron chi connectivity index (χ3n) is 2.74. The summed E-state index contributed by atoms with van der Waals surface area (Å²) < 4.78 is 0.994. The Kier molecular flexibility index (Phi) is 4.75. The minimum Gasteiger partial charge on any atom is -0.305 e. The Morgan fingerprint density at radius 1 is 1.33 bits per heavy atom. The van der Waals surface area contributed by atoms with Gasteiger partial charge in [-0.1, -0.05) is 39.7 Å². The first-order chi connectivity index (χ1) is 8.66. The zero-order chi connectivity index (χ0) is 13.0. The van der Waals surface area contributed by atoms with Crippen LogP contribution >= 0.6 is 27.5 Å². The lowest BCUT2D eigenvalue weighted by Crippen LogP contribution is -2.19. The van der Waals surface area contributed by atoms with E-state index in [-0.39, 0.29) is 6.04 Å². The molecule has 1 aromatic heterocycles. The molecule has 0 aliphatic rings. The zero-order valence-corrected chi connectivity index (χ0v) is 12.4. The minimum atomic E-state index is 0.188. The van der Waals surface area contributed by atoms with Crippen LogP contribution in [0.3, 0.4) is 0 Å². The van der Waals surface area contributed by atoms with Crippen LogP contribution in [0.1, 0.15) is 24.2 Å². The number of nitrogens with zero attached hydrogens (tertiary/aromatic N) is 1. The molecular weight excluding hydrogens is 312 g/mol. The Balaban J connectivity index is 2.01. The number of benzene rings is 1. The fraction of sp³-hybridized carbons (Fsp3) is 0.214. The average Bonchev–Trinajstić information content (AvgIpc) is 2.37. The summed E-state index contributed by atoms with van der Waals surface area (Å²) >= 11 is 9.63. The highest BCUT2D eigenvalue weighted by atomic mass is 79.9. The topological polar surface area (TPSA) is 24.9 Å². The molecule has 0 saturated carbocycles. The van der Waals surface area contributed by atoms with Gasteiger partial charge in [0.05, 0.1) is 5.69 Å². The van der Waals surface area contributed by atoms with Gasteiger partial charge in [0.15, 0.2) is 0 Å². The van der Waals surface area contributed by atoms with Crippen molar-refractivity contribution in [2.45, 2.75) is 19.5 Å². The van der Waals surface area contributed by atoms with Crippen LogP contribution in [-0.4, -0.2) is 4.98 Å². The average molecular weight is 326 g/mol. The van der Waals surface area contributed by atoms with E-state index in [9.17, 15) is 0 Å². The van der Waals surface area contributed by atoms with Crippen molar-refractivity contribution in [3.8, 4) is 0 Å². The van der Waals surface area contributed by atoms with Crippen LogP contribution in [0.15, 0.2) is 47.1 Å². The predicted molar refractivity (Wildman–Crippen MR) is 78.6 cm³/mol. The maximum absolute atomic E-state index is 6.22. The number of hydrogen-bond donors (Lipinski definition) is 1. The molecule has 94 valence electrons. The second-order valence-electron chi connectivity index (χ2n) is 4.09. The fourth-order valence-corrected chi connectivity index (χ4v) is 2.56. The van der Waals surface area contributed by atoms with Crippen LogP contribution in [0.5, 0.6) is 0 Å². The second kappa shape index (κ2) is 6.32. The summed E-state index contributed by atoms with van der Waals surface area (Å²) in [5.41, 5.74) is 2.12. The third kappa shape index (κ3) is 3.55. The van der Waals surface area contributed by atoms with Crippen molar-refractivity contribution in [2.75, 3.05) is 0 Å². The standard InChI is InChI=1S/C14H14BrClN2/c1-10(13-6-5-11(15)8-14(13)16)18-9-12-4-2-3-7-17-12/h2-8,10,18H,9H2,1H3. The van der Waals surface area contributed by atoms with Crippen molar-refractivity contribution in [3.05, 3.63) is 63.3 Å². The van der Waals surface area contributed by atoms with E-state index in [4.69, 9.17) is 11.6 Å². The Bertz CT molecular complexity index is 516. The van der Waals surface area contributed by atoms with E-state index in [1.807, 2.05) is 36.4 Å². The first-order valence-corrected chi connectivity index (χ1v) is 6.92. The Hall–Kier alpha value is -0.900. The number of rotatable bonds is 4. The highest BCUT2D eigenvalue weighted by Crippen LogP contribution is 2.26. The van der Waals surface area contributed by atoms with Crippen molar-refractivity contribution >= 4 is 27.5 Å². The quantitative estimate of drug-likeness (QED) is 0.904. The van der Waals surface area contributed by atoms with Crippen LogP contribution in [0.2, 0.25) is 5.02 Å². The summed E-state index contributed by atoms with van der Waals surface area (Å²) in [7, 11) is 0. The van der Waals surface area contributed by atoms with Crippen molar-refractivity contribution in [1.82, 2.24) is 10.3 Å². The van der Waals surface area contributed by atoms with Crippen molar-refractivity contribution in [2.24, 2.45) is 0 Å². The maximum atomic E-state index is 6.22. The normalized spacial score (nSPS) is 12.4. The molecular formula is C14H14BrClN2. The van der Waals surface area contributed by atoms with E-state index in [0.717, 1.165) is 27.3 Å². The summed E-state index contributed by atoms with van der Waals surface area (Å²) in [6.45, 7) is 2.83. The van der Waals surface area contributed by atoms with Crippen molar-refractivity contribution in [1.29, 1.82) is 0 Å². The number of nitrogens with one attached hydrogen (secondary N) is 1. The molecule has 0 amide bonds. The first kappa shape index (κ1) is 13.5. The van der Waals surface area contributed by atoms with Crippen LogP contribution in [0.4, 0.5) is 0 Å². The molecule has 0 bridgehead atoms. The monoisotopic (exact) mass is 324 g/mol. The van der Waals surface area contributed by atoms with Crippen molar-refractivity contribution in [3.63, 3.8) is 0 Å². The molecule has 0 radical (unpaired) electrons. The molecule has 0 aliphatic heterocycles. The van der Waals surface area contributed by atoms with E-state index in [0.29, 0.717) is 0 Å². The van der Waals surface area contributed by atoms with E-state index >= 15 is 0 Å². The van der Waals surface area contributed by atoms with E-state index < -0.39 is 0 Å². The molecule has 1 unspecified atom stereocenters. The highest BCUT2D eigenvalue weighted by Gasteiger charge is 2.09. The van der Waals surface area contributed by atoms with Gasteiger partial charge in [-0.05, 0) is 36.8 Å². The van der Waals surface area contributed by atoms with E-state index in [1.54, 1.807) is 6.20 Å². The van der Waals surface area contributed by atoms with Crippen molar-refractivity contribution < 1.29 is 0 Å². The molecule has 0 spiro atoms. The largest absolute Gasteiger partial charge is 0.305 e. The predicted octanol–water partition coefficient (Wildman–Crippen LogP) is 4.35. The molecule has 2 rings (SSSR count). The van der Waals surface area contributed by atoms with Gasteiger partial charge in [-0.2, -0.15) is 0 Å². The van der Waals surface area contributed by atoms with E-state index in [1.165, 1.54) is 0 Å².